The van der Waals surface area contributed by atoms with E-state index in [2.05, 4.69) is 69.2 Å². The van der Waals surface area contributed by atoms with Gasteiger partial charge in [0.15, 0.2) is 0 Å². The first-order valence-electron chi connectivity index (χ1n) is 17.5. The standard InChI is InChI=1S/C37H69NO3/c1-5-7-9-11-13-17-20-24-29-35(36(39)31-26-22-15-12-10-8-6-2)30-25-21-18-14-16-19-23-28-34(3)38(4)33-27-32-37(40)41/h13-15,17-18,22,34-36,39H,5-12,16,19-21,23-33H2,1-4H3,(H,40,41)/b17-13-,18-14-,22-15-. The molecule has 0 amide bonds. The Hall–Kier alpha value is -1.39. The molecule has 3 unspecified atom stereocenters. The van der Waals surface area contributed by atoms with Gasteiger partial charge < -0.3 is 15.1 Å². The number of aliphatic hydroxyl groups is 1. The Balaban J connectivity index is 4.29. The lowest BCUT2D eigenvalue weighted by Crippen LogP contribution is -2.30. The van der Waals surface area contributed by atoms with Gasteiger partial charge in [0, 0.05) is 12.5 Å². The van der Waals surface area contributed by atoms with Gasteiger partial charge in [-0.2, -0.15) is 0 Å². The molecular weight excluding hydrogens is 506 g/mol. The van der Waals surface area contributed by atoms with Crippen molar-refractivity contribution in [3.63, 3.8) is 0 Å². The Labute approximate surface area is 255 Å². The number of carboxylic acid groups (broad SMARTS) is 1. The van der Waals surface area contributed by atoms with Gasteiger partial charge in [-0.3, -0.25) is 4.79 Å². The van der Waals surface area contributed by atoms with Gasteiger partial charge in [-0.1, -0.05) is 82.4 Å². The molecule has 0 radical (unpaired) electrons. The second kappa shape index (κ2) is 30.1. The molecular formula is C37H69NO3. The molecule has 4 nitrogen and oxygen atoms in total. The number of nitrogens with zero attached hydrogens (tertiary/aromatic N) is 1. The largest absolute Gasteiger partial charge is 0.481 e. The fourth-order valence-electron chi connectivity index (χ4n) is 5.38. The Morgan fingerprint density at radius 2 is 1.10 bits per heavy atom. The van der Waals surface area contributed by atoms with E-state index in [0.717, 1.165) is 64.3 Å². The minimum absolute atomic E-state index is 0.183. The molecule has 0 saturated heterocycles. The predicted molar refractivity (Wildman–Crippen MR) is 180 cm³/mol. The summed E-state index contributed by atoms with van der Waals surface area (Å²) in [6.07, 6.45) is 38.5. The number of rotatable bonds is 30. The summed E-state index contributed by atoms with van der Waals surface area (Å²) in [5.41, 5.74) is 0. The fraction of sp³-hybridized carbons (Fsp3) is 0.811. The minimum atomic E-state index is -0.702. The highest BCUT2D eigenvalue weighted by atomic mass is 16.4. The number of hydrogen-bond acceptors (Lipinski definition) is 3. The van der Waals surface area contributed by atoms with Crippen LogP contribution in [0.15, 0.2) is 36.5 Å². The first kappa shape index (κ1) is 39.6. The topological polar surface area (TPSA) is 60.8 Å². The van der Waals surface area contributed by atoms with Gasteiger partial charge in [0.05, 0.1) is 6.10 Å². The minimum Gasteiger partial charge on any atom is -0.481 e. The van der Waals surface area contributed by atoms with E-state index >= 15 is 0 Å². The molecule has 0 aliphatic carbocycles. The van der Waals surface area contributed by atoms with Gasteiger partial charge in [0.25, 0.3) is 0 Å². The summed E-state index contributed by atoms with van der Waals surface area (Å²) in [7, 11) is 2.10. The molecule has 2 N–H and O–H groups in total. The molecule has 0 aliphatic rings. The summed E-state index contributed by atoms with van der Waals surface area (Å²) in [5.74, 6) is -0.286. The summed E-state index contributed by atoms with van der Waals surface area (Å²) in [4.78, 5) is 13.0. The molecule has 0 bridgehead atoms. The number of unbranched alkanes of at least 4 members (excludes halogenated alkanes) is 10. The van der Waals surface area contributed by atoms with Crippen LogP contribution in [-0.4, -0.2) is 46.8 Å². The zero-order valence-electron chi connectivity index (χ0n) is 27.7. The smallest absolute Gasteiger partial charge is 0.303 e. The highest BCUT2D eigenvalue weighted by Crippen LogP contribution is 2.24. The van der Waals surface area contributed by atoms with Gasteiger partial charge in [0.1, 0.15) is 0 Å². The van der Waals surface area contributed by atoms with Crippen molar-refractivity contribution in [3.05, 3.63) is 36.5 Å². The van der Waals surface area contributed by atoms with Gasteiger partial charge >= 0.3 is 5.97 Å². The van der Waals surface area contributed by atoms with E-state index < -0.39 is 5.97 Å². The average molecular weight is 576 g/mol. The molecule has 0 aromatic rings. The van der Waals surface area contributed by atoms with Crippen molar-refractivity contribution in [1.82, 2.24) is 4.90 Å². The Bertz CT molecular complexity index is 657. The van der Waals surface area contributed by atoms with E-state index in [1.807, 2.05) is 0 Å². The summed E-state index contributed by atoms with van der Waals surface area (Å²) in [6, 6.07) is 0.504. The van der Waals surface area contributed by atoms with Crippen LogP contribution in [0.4, 0.5) is 0 Å². The molecule has 240 valence electrons. The molecule has 0 heterocycles. The number of aliphatic hydroxyl groups excluding tert-OH is 1. The molecule has 0 saturated carbocycles. The van der Waals surface area contributed by atoms with E-state index in [0.29, 0.717) is 12.0 Å². The van der Waals surface area contributed by atoms with E-state index in [1.165, 1.54) is 77.0 Å². The molecule has 0 fully saturated rings. The van der Waals surface area contributed by atoms with Crippen molar-refractivity contribution < 1.29 is 15.0 Å². The molecule has 4 heteroatoms. The van der Waals surface area contributed by atoms with Gasteiger partial charge in [-0.05, 0) is 129 Å². The van der Waals surface area contributed by atoms with E-state index in [4.69, 9.17) is 5.11 Å². The summed E-state index contributed by atoms with van der Waals surface area (Å²) in [5, 5.41) is 19.8. The average Bonchev–Trinajstić information content (AvgIpc) is 2.95. The maximum absolute atomic E-state index is 11.0. The second-order valence-corrected chi connectivity index (χ2v) is 12.3. The number of hydrogen-bond donors (Lipinski definition) is 2. The van der Waals surface area contributed by atoms with Crippen molar-refractivity contribution in [2.45, 2.75) is 174 Å². The third-order valence-corrected chi connectivity index (χ3v) is 8.41. The second-order valence-electron chi connectivity index (χ2n) is 12.3. The van der Waals surface area contributed by atoms with Crippen LogP contribution < -0.4 is 0 Å². The summed E-state index contributed by atoms with van der Waals surface area (Å²) >= 11 is 0. The third-order valence-electron chi connectivity index (χ3n) is 8.41. The Kier molecular flexibility index (Phi) is 29.1. The quantitative estimate of drug-likeness (QED) is 0.0660. The first-order chi connectivity index (χ1) is 19.9. The summed E-state index contributed by atoms with van der Waals surface area (Å²) < 4.78 is 0. The number of carbonyl (C=O) groups is 1. The lowest BCUT2D eigenvalue weighted by molar-refractivity contribution is -0.137. The van der Waals surface area contributed by atoms with Crippen molar-refractivity contribution in [2.24, 2.45) is 5.92 Å². The van der Waals surface area contributed by atoms with Crippen LogP contribution >= 0.6 is 0 Å². The Morgan fingerprint density at radius 1 is 0.634 bits per heavy atom. The van der Waals surface area contributed by atoms with Crippen LogP contribution in [0, 0.1) is 5.92 Å². The maximum atomic E-state index is 11.0. The van der Waals surface area contributed by atoms with Gasteiger partial charge in [-0.15, -0.1) is 0 Å². The fourth-order valence-corrected chi connectivity index (χ4v) is 5.38. The maximum Gasteiger partial charge on any atom is 0.303 e. The zero-order valence-corrected chi connectivity index (χ0v) is 27.7. The van der Waals surface area contributed by atoms with E-state index in [1.54, 1.807) is 0 Å². The molecule has 0 spiro atoms. The van der Waals surface area contributed by atoms with Gasteiger partial charge in [-0.25, -0.2) is 0 Å². The first-order valence-corrected chi connectivity index (χ1v) is 17.5. The van der Waals surface area contributed by atoms with Crippen molar-refractivity contribution >= 4 is 5.97 Å². The summed E-state index contributed by atoms with van der Waals surface area (Å²) in [6.45, 7) is 7.60. The molecule has 3 atom stereocenters. The van der Waals surface area contributed by atoms with E-state index in [-0.39, 0.29) is 12.5 Å². The molecule has 0 rings (SSSR count). The van der Waals surface area contributed by atoms with Crippen LogP contribution in [0.3, 0.4) is 0 Å². The van der Waals surface area contributed by atoms with Crippen molar-refractivity contribution in [3.8, 4) is 0 Å². The lowest BCUT2D eigenvalue weighted by Gasteiger charge is -2.24. The van der Waals surface area contributed by atoms with Gasteiger partial charge in [0.2, 0.25) is 0 Å². The monoisotopic (exact) mass is 576 g/mol. The normalized spacial score (nSPS) is 14.6. The van der Waals surface area contributed by atoms with Crippen LogP contribution in [0.1, 0.15) is 162 Å². The zero-order chi connectivity index (χ0) is 30.4. The van der Waals surface area contributed by atoms with Crippen LogP contribution in [0.2, 0.25) is 0 Å². The molecule has 0 aromatic carbocycles. The number of allylic oxidation sites excluding steroid dienone is 6. The van der Waals surface area contributed by atoms with E-state index in [9.17, 15) is 9.90 Å². The predicted octanol–water partition coefficient (Wildman–Crippen LogP) is 10.7. The van der Waals surface area contributed by atoms with Crippen molar-refractivity contribution in [1.29, 1.82) is 0 Å². The molecule has 41 heavy (non-hydrogen) atoms. The lowest BCUT2D eigenvalue weighted by atomic mass is 9.88. The van der Waals surface area contributed by atoms with Crippen LogP contribution in [0.25, 0.3) is 0 Å². The van der Waals surface area contributed by atoms with Crippen molar-refractivity contribution in [2.75, 3.05) is 13.6 Å². The van der Waals surface area contributed by atoms with Crippen LogP contribution in [-0.2, 0) is 4.79 Å². The van der Waals surface area contributed by atoms with Crippen LogP contribution in [0.5, 0.6) is 0 Å². The Morgan fingerprint density at radius 3 is 1.59 bits per heavy atom. The highest BCUT2D eigenvalue weighted by Gasteiger charge is 2.17. The highest BCUT2D eigenvalue weighted by molar-refractivity contribution is 5.66. The number of carboxylic acids is 1. The number of aliphatic carboxylic acids is 1. The molecule has 0 aromatic heterocycles. The third kappa shape index (κ3) is 27.2. The molecule has 0 aliphatic heterocycles. The SMILES string of the molecule is CCCCC/C=C\CCCC(CCC/C=C\CCCCC(C)N(C)CCCC(=O)O)C(O)CC/C=C\CCCCC.